The van der Waals surface area contributed by atoms with E-state index in [0.717, 1.165) is 0 Å². The quantitative estimate of drug-likeness (QED) is 0.854. The van der Waals surface area contributed by atoms with E-state index in [-0.39, 0.29) is 16.7 Å². The monoisotopic (exact) mass is 343 g/mol. The highest BCUT2D eigenvalue weighted by atomic mass is 32.2. The zero-order valence-corrected chi connectivity index (χ0v) is 13.3. The Hall–Kier alpha value is -3.05. The molecule has 0 radical (unpaired) electrons. The number of rotatable bonds is 4. The number of nitrogens with one attached hydrogen (secondary N) is 1. The van der Waals surface area contributed by atoms with Gasteiger partial charge in [0.2, 0.25) is 0 Å². The fourth-order valence-electron chi connectivity index (χ4n) is 2.27. The Morgan fingerprint density at radius 2 is 1.75 bits per heavy atom. The van der Waals surface area contributed by atoms with Crippen LogP contribution >= 0.6 is 0 Å². The summed E-state index contributed by atoms with van der Waals surface area (Å²) in [6.45, 7) is 1.09. The van der Waals surface area contributed by atoms with Gasteiger partial charge in [0.25, 0.3) is 0 Å². The van der Waals surface area contributed by atoms with Gasteiger partial charge in [0.1, 0.15) is 10.6 Å². The van der Waals surface area contributed by atoms with E-state index in [1.165, 1.54) is 41.3 Å². The maximum absolute atomic E-state index is 12.3. The van der Waals surface area contributed by atoms with Gasteiger partial charge in [-0.1, -0.05) is 0 Å². The molecule has 8 heteroatoms. The Bertz CT molecular complexity index is 900. The second-order valence-electron chi connectivity index (χ2n) is 5.05. The van der Waals surface area contributed by atoms with Crippen molar-refractivity contribution in [1.29, 1.82) is 5.26 Å². The molecule has 0 saturated carbocycles. The molecule has 3 rings (SSSR count). The topological polar surface area (TPSA) is 99.5 Å². The Labute approximate surface area is 139 Å². The fraction of sp³-hybridized carbons (Fsp3) is 0.125. The largest absolute Gasteiger partial charge is 0.379 e. The van der Waals surface area contributed by atoms with Gasteiger partial charge < -0.3 is 9.50 Å². The zero-order chi connectivity index (χ0) is 17.2. The van der Waals surface area contributed by atoms with E-state index in [1.54, 1.807) is 12.1 Å². The molecule has 2 aromatic rings. The summed E-state index contributed by atoms with van der Waals surface area (Å²) in [6, 6.07) is 13.4. The van der Waals surface area contributed by atoms with Crippen LogP contribution in [0.1, 0.15) is 5.56 Å². The molecule has 1 aliphatic rings. The molecular formula is C16H13N3O4S. The van der Waals surface area contributed by atoms with Crippen molar-refractivity contribution in [3.8, 4) is 11.8 Å². The molecule has 1 fully saturated rings. The number of hydrogen-bond donors (Lipinski definition) is 1. The van der Waals surface area contributed by atoms with Crippen molar-refractivity contribution < 1.29 is 17.4 Å². The lowest BCUT2D eigenvalue weighted by molar-refractivity contribution is 0.252. The van der Waals surface area contributed by atoms with Gasteiger partial charge in [0, 0.05) is 18.8 Å². The minimum Gasteiger partial charge on any atom is -0.379 e. The molecule has 2 aromatic carbocycles. The minimum absolute atomic E-state index is 0.0183. The molecule has 2 amide bonds. The van der Waals surface area contributed by atoms with Gasteiger partial charge in [0.05, 0.1) is 11.6 Å². The number of amides is 2. The van der Waals surface area contributed by atoms with Crippen LogP contribution < -0.4 is 14.4 Å². The third-order valence-corrected chi connectivity index (χ3v) is 4.74. The van der Waals surface area contributed by atoms with E-state index >= 15 is 0 Å². The van der Waals surface area contributed by atoms with Crippen LogP contribution in [-0.4, -0.2) is 27.5 Å². The zero-order valence-electron chi connectivity index (χ0n) is 12.5. The van der Waals surface area contributed by atoms with Gasteiger partial charge in [-0.3, -0.25) is 4.90 Å². The van der Waals surface area contributed by atoms with Gasteiger partial charge in [-0.05, 0) is 48.5 Å². The SMILES string of the molecule is N#Cc1ccc(OS(=O)(=O)c2ccc(N3CCNC3=O)cc2)cc1. The Morgan fingerprint density at radius 1 is 1.08 bits per heavy atom. The number of anilines is 1. The summed E-state index contributed by atoms with van der Waals surface area (Å²) in [5, 5.41) is 11.4. The van der Waals surface area contributed by atoms with Crippen LogP contribution in [0.5, 0.6) is 5.75 Å². The highest BCUT2D eigenvalue weighted by molar-refractivity contribution is 7.87. The molecule has 1 N–H and O–H groups in total. The second kappa shape index (κ2) is 6.22. The number of nitriles is 1. The van der Waals surface area contributed by atoms with Gasteiger partial charge in [-0.2, -0.15) is 13.7 Å². The number of hydrogen-bond acceptors (Lipinski definition) is 5. The van der Waals surface area contributed by atoms with E-state index < -0.39 is 10.1 Å². The average molecular weight is 343 g/mol. The van der Waals surface area contributed by atoms with Gasteiger partial charge >= 0.3 is 16.1 Å². The Balaban J connectivity index is 1.79. The first-order chi connectivity index (χ1) is 11.5. The number of carbonyl (C=O) groups excluding carboxylic acids is 1. The molecule has 7 nitrogen and oxygen atoms in total. The highest BCUT2D eigenvalue weighted by Gasteiger charge is 2.22. The first-order valence-corrected chi connectivity index (χ1v) is 8.50. The van der Waals surface area contributed by atoms with E-state index in [1.807, 2.05) is 6.07 Å². The molecule has 0 aliphatic carbocycles. The first kappa shape index (κ1) is 15.8. The summed E-state index contributed by atoms with van der Waals surface area (Å²) in [6.07, 6.45) is 0. The molecule has 1 heterocycles. The van der Waals surface area contributed by atoms with Crippen molar-refractivity contribution in [3.05, 3.63) is 54.1 Å². The predicted octanol–water partition coefficient (Wildman–Crippen LogP) is 1.86. The van der Waals surface area contributed by atoms with Crippen LogP contribution in [-0.2, 0) is 10.1 Å². The lowest BCUT2D eigenvalue weighted by Gasteiger charge is -2.14. The summed E-state index contributed by atoms with van der Waals surface area (Å²) in [5.74, 6) is 0.122. The molecule has 24 heavy (non-hydrogen) atoms. The Kier molecular flexibility index (Phi) is 4.10. The van der Waals surface area contributed by atoms with Gasteiger partial charge in [0.15, 0.2) is 0 Å². The van der Waals surface area contributed by atoms with E-state index in [0.29, 0.717) is 24.3 Å². The van der Waals surface area contributed by atoms with Crippen molar-refractivity contribution in [2.24, 2.45) is 0 Å². The van der Waals surface area contributed by atoms with Crippen molar-refractivity contribution in [1.82, 2.24) is 5.32 Å². The van der Waals surface area contributed by atoms with Crippen LogP contribution in [0.15, 0.2) is 53.4 Å². The Morgan fingerprint density at radius 3 is 2.29 bits per heavy atom. The number of urea groups is 1. The summed E-state index contributed by atoms with van der Waals surface area (Å²) >= 11 is 0. The minimum atomic E-state index is -3.99. The lowest BCUT2D eigenvalue weighted by atomic mass is 10.2. The third kappa shape index (κ3) is 3.16. The molecule has 0 atom stereocenters. The standard InChI is InChI=1S/C16H13N3O4S/c17-11-12-1-5-14(6-2-12)23-24(21,22)15-7-3-13(4-8-15)19-10-9-18-16(19)20/h1-8H,9-10H2,(H,18,20). The number of nitrogens with zero attached hydrogens (tertiary/aromatic N) is 2. The van der Waals surface area contributed by atoms with Crippen LogP contribution in [0.3, 0.4) is 0 Å². The van der Waals surface area contributed by atoms with E-state index in [9.17, 15) is 13.2 Å². The normalized spacial score (nSPS) is 14.1. The van der Waals surface area contributed by atoms with Gasteiger partial charge in [-0.15, -0.1) is 0 Å². The van der Waals surface area contributed by atoms with Crippen LogP contribution in [0.4, 0.5) is 10.5 Å². The smallest absolute Gasteiger partial charge is 0.339 e. The molecule has 1 aliphatic heterocycles. The van der Waals surface area contributed by atoms with Gasteiger partial charge in [-0.25, -0.2) is 4.79 Å². The summed E-state index contributed by atoms with van der Waals surface area (Å²) in [7, 11) is -3.99. The van der Waals surface area contributed by atoms with Crippen molar-refractivity contribution in [2.75, 3.05) is 18.0 Å². The maximum atomic E-state index is 12.3. The summed E-state index contributed by atoms with van der Waals surface area (Å²) < 4.78 is 29.6. The lowest BCUT2D eigenvalue weighted by Crippen LogP contribution is -2.27. The van der Waals surface area contributed by atoms with E-state index in [2.05, 4.69) is 5.32 Å². The average Bonchev–Trinajstić information content (AvgIpc) is 3.01. The second-order valence-corrected chi connectivity index (χ2v) is 6.60. The van der Waals surface area contributed by atoms with Crippen molar-refractivity contribution in [2.45, 2.75) is 4.90 Å². The maximum Gasteiger partial charge on any atom is 0.339 e. The number of carbonyl (C=O) groups is 1. The first-order valence-electron chi connectivity index (χ1n) is 7.10. The fourth-order valence-corrected chi connectivity index (χ4v) is 3.20. The van der Waals surface area contributed by atoms with Crippen LogP contribution in [0.2, 0.25) is 0 Å². The summed E-state index contributed by atoms with van der Waals surface area (Å²) in [5.41, 5.74) is 1.02. The summed E-state index contributed by atoms with van der Waals surface area (Å²) in [4.78, 5) is 13.1. The van der Waals surface area contributed by atoms with Crippen molar-refractivity contribution in [3.63, 3.8) is 0 Å². The highest BCUT2D eigenvalue weighted by Crippen LogP contribution is 2.22. The molecule has 122 valence electrons. The van der Waals surface area contributed by atoms with Crippen molar-refractivity contribution >= 4 is 21.8 Å². The molecule has 0 unspecified atom stereocenters. The van der Waals surface area contributed by atoms with Crippen LogP contribution in [0, 0.1) is 11.3 Å². The molecule has 0 spiro atoms. The molecule has 1 saturated heterocycles. The predicted molar refractivity (Wildman–Crippen MR) is 86.2 cm³/mol. The molecular weight excluding hydrogens is 330 g/mol. The molecule has 0 bridgehead atoms. The van der Waals surface area contributed by atoms with E-state index in [4.69, 9.17) is 9.44 Å². The number of benzene rings is 2. The van der Waals surface area contributed by atoms with Crippen LogP contribution in [0.25, 0.3) is 0 Å². The third-order valence-electron chi connectivity index (χ3n) is 3.48. The molecule has 0 aromatic heterocycles.